The van der Waals surface area contributed by atoms with E-state index in [1.54, 1.807) is 6.07 Å². The van der Waals surface area contributed by atoms with Gasteiger partial charge in [-0.25, -0.2) is 0 Å². The van der Waals surface area contributed by atoms with Crippen LogP contribution in [0.1, 0.15) is 11.1 Å². The Hall–Kier alpha value is -3.23. The van der Waals surface area contributed by atoms with Crippen LogP contribution in [-0.4, -0.2) is 22.6 Å². The molecule has 0 unspecified atom stereocenters. The highest BCUT2D eigenvalue weighted by atomic mass is 32.2. The highest BCUT2D eigenvalue weighted by Crippen LogP contribution is 2.28. The smallest absolute Gasteiger partial charge is 0.296 e. The number of azo groups is 1. The summed E-state index contributed by atoms with van der Waals surface area (Å²) in [7, 11) is -3.29. The van der Waals surface area contributed by atoms with Gasteiger partial charge in [0.2, 0.25) is 5.88 Å². The van der Waals surface area contributed by atoms with Gasteiger partial charge in [0.25, 0.3) is 15.7 Å². The SMILES string of the molecule is Cc1c(C#N)c(O)n(C)c(=O)c1N=Nc1ccc(N)c(S(=O)(=O)O)c1. The molecular weight excluding hydrogens is 350 g/mol. The monoisotopic (exact) mass is 363 g/mol. The van der Waals surface area contributed by atoms with Crippen molar-refractivity contribution in [2.24, 2.45) is 17.3 Å². The van der Waals surface area contributed by atoms with Gasteiger partial charge in [-0.15, -0.1) is 5.11 Å². The number of hydrogen-bond acceptors (Lipinski definition) is 8. The Balaban J connectivity index is 2.61. The summed E-state index contributed by atoms with van der Waals surface area (Å²) >= 11 is 0. The lowest BCUT2D eigenvalue weighted by atomic mass is 10.1. The molecule has 2 aromatic rings. The van der Waals surface area contributed by atoms with Crippen LogP contribution >= 0.6 is 0 Å². The zero-order chi connectivity index (χ0) is 18.9. The van der Waals surface area contributed by atoms with Gasteiger partial charge in [-0.05, 0) is 25.1 Å². The summed E-state index contributed by atoms with van der Waals surface area (Å²) in [5, 5.41) is 26.4. The second-order valence-corrected chi connectivity index (χ2v) is 6.44. The molecule has 0 atom stereocenters. The number of hydrogen-bond donors (Lipinski definition) is 3. The zero-order valence-corrected chi connectivity index (χ0v) is 13.9. The highest BCUT2D eigenvalue weighted by Gasteiger charge is 2.17. The molecule has 0 bridgehead atoms. The van der Waals surface area contributed by atoms with Crippen LogP contribution in [0.25, 0.3) is 0 Å². The number of nitrogens with two attached hydrogens (primary N) is 1. The van der Waals surface area contributed by atoms with Gasteiger partial charge in [0.05, 0.1) is 11.4 Å². The average Bonchev–Trinajstić information content (AvgIpc) is 2.53. The number of pyridine rings is 1. The molecule has 0 aliphatic carbocycles. The predicted octanol–water partition coefficient (Wildman–Crippen LogP) is 1.52. The highest BCUT2D eigenvalue weighted by molar-refractivity contribution is 7.86. The maximum atomic E-state index is 12.2. The van der Waals surface area contributed by atoms with Crippen molar-refractivity contribution in [3.63, 3.8) is 0 Å². The number of nitriles is 1. The second kappa shape index (κ2) is 6.34. The van der Waals surface area contributed by atoms with Crippen LogP contribution in [-0.2, 0) is 17.2 Å². The van der Waals surface area contributed by atoms with E-state index in [-0.39, 0.29) is 28.2 Å². The van der Waals surface area contributed by atoms with E-state index in [4.69, 9.17) is 15.5 Å². The fourth-order valence-electron chi connectivity index (χ4n) is 2.04. The molecule has 0 spiro atoms. The van der Waals surface area contributed by atoms with Crippen LogP contribution in [0.2, 0.25) is 0 Å². The van der Waals surface area contributed by atoms with Gasteiger partial charge in [-0.3, -0.25) is 13.9 Å². The lowest BCUT2D eigenvalue weighted by molar-refractivity contribution is 0.421. The van der Waals surface area contributed by atoms with Gasteiger partial charge >= 0.3 is 0 Å². The Bertz CT molecular complexity index is 1100. The first-order valence-corrected chi connectivity index (χ1v) is 8.13. The van der Waals surface area contributed by atoms with Gasteiger partial charge in [0, 0.05) is 12.6 Å². The predicted molar refractivity (Wildman–Crippen MR) is 87.6 cm³/mol. The molecule has 0 amide bonds. The minimum atomic E-state index is -4.55. The molecule has 10 nitrogen and oxygen atoms in total. The number of nitrogens with zero attached hydrogens (tertiary/aromatic N) is 4. The largest absolute Gasteiger partial charge is 0.493 e. The third-order valence-electron chi connectivity index (χ3n) is 3.43. The summed E-state index contributed by atoms with van der Waals surface area (Å²) in [6, 6.07) is 5.29. The average molecular weight is 363 g/mol. The van der Waals surface area contributed by atoms with Crippen molar-refractivity contribution in [1.29, 1.82) is 5.26 Å². The van der Waals surface area contributed by atoms with E-state index in [0.717, 1.165) is 10.6 Å². The Morgan fingerprint density at radius 3 is 2.52 bits per heavy atom. The molecule has 0 aliphatic heterocycles. The summed E-state index contributed by atoms with van der Waals surface area (Å²) in [5.41, 5.74) is 4.42. The van der Waals surface area contributed by atoms with Crippen LogP contribution in [0.15, 0.2) is 38.1 Å². The van der Waals surface area contributed by atoms with Crippen molar-refractivity contribution in [2.75, 3.05) is 5.73 Å². The van der Waals surface area contributed by atoms with Gasteiger partial charge in [-0.2, -0.15) is 18.8 Å². The van der Waals surface area contributed by atoms with Crippen LogP contribution in [0.3, 0.4) is 0 Å². The van der Waals surface area contributed by atoms with E-state index in [1.807, 2.05) is 0 Å². The lowest BCUT2D eigenvalue weighted by Gasteiger charge is -2.08. The molecule has 11 heteroatoms. The third kappa shape index (κ3) is 3.35. The quantitative estimate of drug-likeness (QED) is 0.421. The standard InChI is InChI=1S/C14H13N5O5S/c1-7-9(6-15)13(20)19(2)14(21)12(7)18-17-8-3-4-10(16)11(5-8)25(22,23)24/h3-5,20H,16H2,1-2H3,(H,22,23,24). The molecule has 0 fully saturated rings. The minimum Gasteiger partial charge on any atom is -0.493 e. The maximum absolute atomic E-state index is 12.2. The van der Waals surface area contributed by atoms with Gasteiger partial charge in [0.15, 0.2) is 5.69 Å². The van der Waals surface area contributed by atoms with Gasteiger partial charge in [0.1, 0.15) is 16.5 Å². The summed E-state index contributed by atoms with van der Waals surface area (Å²) in [6.07, 6.45) is 0. The molecule has 4 N–H and O–H groups in total. The maximum Gasteiger partial charge on any atom is 0.296 e. The van der Waals surface area contributed by atoms with Crippen molar-refractivity contribution < 1.29 is 18.1 Å². The summed E-state index contributed by atoms with van der Waals surface area (Å²) in [4.78, 5) is 11.6. The van der Waals surface area contributed by atoms with Crippen LogP contribution in [0.4, 0.5) is 17.1 Å². The molecule has 1 aromatic carbocycles. The number of benzene rings is 1. The Labute approximate surface area is 142 Å². The number of nitrogen functional groups attached to an aromatic ring is 1. The molecule has 1 heterocycles. The molecule has 130 valence electrons. The van der Waals surface area contributed by atoms with Crippen molar-refractivity contribution in [3.05, 3.63) is 39.7 Å². The Morgan fingerprint density at radius 2 is 1.96 bits per heavy atom. The van der Waals surface area contributed by atoms with Crippen molar-refractivity contribution in [2.45, 2.75) is 11.8 Å². The first-order valence-electron chi connectivity index (χ1n) is 6.69. The van der Waals surface area contributed by atoms with Crippen LogP contribution in [0, 0.1) is 18.3 Å². The van der Waals surface area contributed by atoms with Gasteiger partial charge < -0.3 is 10.8 Å². The molecule has 1 aromatic heterocycles. The molecular formula is C14H13N5O5S. The van der Waals surface area contributed by atoms with E-state index in [0.29, 0.717) is 0 Å². The first-order chi connectivity index (χ1) is 11.6. The van der Waals surface area contributed by atoms with E-state index in [9.17, 15) is 18.3 Å². The summed E-state index contributed by atoms with van der Waals surface area (Å²) in [5.74, 6) is -0.495. The number of aromatic nitrogens is 1. The van der Waals surface area contributed by atoms with Crippen molar-refractivity contribution in [3.8, 4) is 11.9 Å². The van der Waals surface area contributed by atoms with Crippen LogP contribution in [0.5, 0.6) is 5.88 Å². The molecule has 25 heavy (non-hydrogen) atoms. The topological polar surface area (TPSA) is 171 Å². The minimum absolute atomic E-state index is 0.00913. The lowest BCUT2D eigenvalue weighted by Crippen LogP contribution is -2.18. The van der Waals surface area contributed by atoms with Gasteiger partial charge in [-0.1, -0.05) is 0 Å². The number of anilines is 1. The third-order valence-corrected chi connectivity index (χ3v) is 4.34. The number of aromatic hydroxyl groups is 1. The van der Waals surface area contributed by atoms with E-state index < -0.39 is 26.5 Å². The number of rotatable bonds is 3. The van der Waals surface area contributed by atoms with Crippen LogP contribution < -0.4 is 11.3 Å². The summed E-state index contributed by atoms with van der Waals surface area (Å²) < 4.78 is 32.4. The van der Waals surface area contributed by atoms with E-state index >= 15 is 0 Å². The molecule has 2 rings (SSSR count). The summed E-state index contributed by atoms with van der Waals surface area (Å²) in [6.45, 7) is 1.42. The fourth-order valence-corrected chi connectivity index (χ4v) is 2.67. The normalized spacial score (nSPS) is 11.6. The van der Waals surface area contributed by atoms with Crippen molar-refractivity contribution in [1.82, 2.24) is 4.57 Å². The molecule has 0 saturated heterocycles. The second-order valence-electron chi connectivity index (χ2n) is 5.05. The first kappa shape index (κ1) is 18.1. The zero-order valence-electron chi connectivity index (χ0n) is 13.1. The fraction of sp³-hybridized carbons (Fsp3) is 0.143. The van der Waals surface area contributed by atoms with Crippen molar-refractivity contribution >= 4 is 27.2 Å². The van der Waals surface area contributed by atoms with E-state index in [1.165, 1.54) is 26.1 Å². The Kier molecular flexibility index (Phi) is 4.60. The van der Waals surface area contributed by atoms with E-state index in [2.05, 4.69) is 10.2 Å². The molecule has 0 aliphatic rings. The Morgan fingerprint density at radius 1 is 1.32 bits per heavy atom. The molecule has 0 radical (unpaired) electrons. The molecule has 0 saturated carbocycles.